The van der Waals surface area contributed by atoms with Gasteiger partial charge in [0, 0.05) is 50.1 Å². The number of rotatable bonds is 10. The highest BCUT2D eigenvalue weighted by molar-refractivity contribution is 5.60. The predicted molar refractivity (Wildman–Crippen MR) is 160 cm³/mol. The molecule has 4 heterocycles. The Morgan fingerprint density at radius 3 is 2.57 bits per heavy atom. The van der Waals surface area contributed by atoms with Crippen molar-refractivity contribution in [3.05, 3.63) is 65.1 Å². The number of hydrazone groups is 1. The second-order valence-electron chi connectivity index (χ2n) is 11.2. The second-order valence-corrected chi connectivity index (χ2v) is 11.2. The fraction of sp³-hybridized carbons (Fsp3) is 0.500. The summed E-state index contributed by atoms with van der Waals surface area (Å²) in [6.45, 7) is 9.57. The average Bonchev–Trinajstić information content (AvgIpc) is 3.78. The summed E-state index contributed by atoms with van der Waals surface area (Å²) in [5.41, 5.74) is 5.49. The van der Waals surface area contributed by atoms with Crippen molar-refractivity contribution in [2.45, 2.75) is 38.8 Å². The van der Waals surface area contributed by atoms with Crippen LogP contribution < -0.4 is 25.7 Å². The first kappa shape index (κ1) is 28.2. The second kappa shape index (κ2) is 12.5. The smallest absolute Gasteiger partial charge is 0.350 e. The molecule has 42 heavy (non-hydrogen) atoms. The van der Waals surface area contributed by atoms with Gasteiger partial charge < -0.3 is 19.3 Å². The standard InChI is InChI=1S/C30H39FN8O3/c1-3-22(2)39-30(40)37(21-34-39)25-6-4-24(5-7-25)35-12-14-36(15-13-35)29-9-8-26(17-28(29)31)41-19-23-16-27(42-20-23)18-38-32-10-11-33-38/h4-10,17,21-23,27,33H,3,11-16,18-20H2,1-2H3. The van der Waals surface area contributed by atoms with Crippen LogP contribution in [-0.4, -0.2) is 84.3 Å². The maximum Gasteiger partial charge on any atom is 0.350 e. The highest BCUT2D eigenvalue weighted by Gasteiger charge is 2.28. The van der Waals surface area contributed by atoms with Crippen LogP contribution in [0.25, 0.3) is 5.69 Å². The molecule has 0 radical (unpaired) electrons. The topological polar surface area (TPSA) is 92.4 Å². The van der Waals surface area contributed by atoms with E-state index in [1.54, 1.807) is 10.9 Å². The van der Waals surface area contributed by atoms with Crippen molar-refractivity contribution in [3.63, 3.8) is 0 Å². The third kappa shape index (κ3) is 6.14. The number of piperazine rings is 1. The minimum atomic E-state index is -0.271. The summed E-state index contributed by atoms with van der Waals surface area (Å²) in [5, 5.41) is 10.3. The lowest BCUT2D eigenvalue weighted by Gasteiger charge is -2.37. The van der Waals surface area contributed by atoms with Gasteiger partial charge in [-0.15, -0.1) is 0 Å². The molecule has 0 spiro atoms. The Balaban J connectivity index is 0.990. The number of benzene rings is 2. The van der Waals surface area contributed by atoms with Crippen LogP contribution in [0.2, 0.25) is 0 Å². The number of ether oxygens (including phenoxy) is 2. The first-order valence-corrected chi connectivity index (χ1v) is 14.8. The van der Waals surface area contributed by atoms with Gasteiger partial charge in [-0.3, -0.25) is 0 Å². The number of hydrogen-bond donors (Lipinski definition) is 1. The Morgan fingerprint density at radius 2 is 1.86 bits per heavy atom. The molecule has 3 aliphatic heterocycles. The molecule has 0 aliphatic carbocycles. The first-order valence-electron chi connectivity index (χ1n) is 14.8. The molecule has 11 nitrogen and oxygen atoms in total. The summed E-state index contributed by atoms with van der Waals surface area (Å²) >= 11 is 0. The number of hydrogen-bond acceptors (Lipinski definition) is 9. The molecule has 1 N–H and O–H groups in total. The number of anilines is 2. The van der Waals surface area contributed by atoms with E-state index in [1.165, 1.54) is 10.7 Å². The molecule has 3 unspecified atom stereocenters. The largest absolute Gasteiger partial charge is 0.493 e. The monoisotopic (exact) mass is 578 g/mol. The zero-order valence-corrected chi connectivity index (χ0v) is 24.2. The molecule has 224 valence electrons. The van der Waals surface area contributed by atoms with Gasteiger partial charge in [-0.25, -0.2) is 29.0 Å². The van der Waals surface area contributed by atoms with Crippen LogP contribution in [0.1, 0.15) is 32.7 Å². The van der Waals surface area contributed by atoms with Crippen molar-refractivity contribution in [2.75, 3.05) is 62.3 Å². The van der Waals surface area contributed by atoms with E-state index in [0.717, 1.165) is 43.9 Å². The van der Waals surface area contributed by atoms with Crippen LogP contribution >= 0.6 is 0 Å². The van der Waals surface area contributed by atoms with Crippen molar-refractivity contribution in [2.24, 2.45) is 11.0 Å². The number of aromatic nitrogens is 3. The number of nitrogens with zero attached hydrogens (tertiary/aromatic N) is 7. The number of hydrazine groups is 1. The van der Waals surface area contributed by atoms with Crippen molar-refractivity contribution in [1.29, 1.82) is 0 Å². The number of halogens is 1. The van der Waals surface area contributed by atoms with Crippen LogP contribution in [0.3, 0.4) is 0 Å². The van der Waals surface area contributed by atoms with E-state index in [2.05, 4.69) is 25.4 Å². The Morgan fingerprint density at radius 1 is 1.10 bits per heavy atom. The van der Waals surface area contributed by atoms with E-state index in [0.29, 0.717) is 44.3 Å². The number of nitrogens with one attached hydrogen (secondary N) is 1. The molecular weight excluding hydrogens is 539 g/mol. The molecule has 0 amide bonds. The summed E-state index contributed by atoms with van der Waals surface area (Å²) in [6, 6.07) is 13.2. The quantitative estimate of drug-likeness (QED) is 0.393. The van der Waals surface area contributed by atoms with Crippen LogP contribution in [0.5, 0.6) is 5.75 Å². The summed E-state index contributed by atoms with van der Waals surface area (Å²) in [5.74, 6) is 0.542. The molecular formula is C30H39FN8O3. The summed E-state index contributed by atoms with van der Waals surface area (Å²) in [7, 11) is 0. The van der Waals surface area contributed by atoms with Crippen molar-refractivity contribution in [1.82, 2.24) is 24.9 Å². The molecule has 6 rings (SSSR count). The lowest BCUT2D eigenvalue weighted by Crippen LogP contribution is -2.46. The Bertz CT molecular complexity index is 1430. The van der Waals surface area contributed by atoms with E-state index in [-0.39, 0.29) is 29.6 Å². The third-order valence-corrected chi connectivity index (χ3v) is 8.35. The average molecular weight is 579 g/mol. The predicted octanol–water partition coefficient (Wildman–Crippen LogP) is 3.06. The Kier molecular flexibility index (Phi) is 8.43. The van der Waals surface area contributed by atoms with E-state index < -0.39 is 0 Å². The van der Waals surface area contributed by atoms with E-state index in [9.17, 15) is 4.79 Å². The summed E-state index contributed by atoms with van der Waals surface area (Å²) < 4.78 is 30.1. The fourth-order valence-corrected chi connectivity index (χ4v) is 5.70. The minimum absolute atomic E-state index is 0.0573. The molecule has 2 aromatic carbocycles. The van der Waals surface area contributed by atoms with Gasteiger partial charge in [-0.05, 0) is 56.2 Å². The summed E-state index contributed by atoms with van der Waals surface area (Å²) in [4.78, 5) is 17.1. The van der Waals surface area contributed by atoms with Crippen LogP contribution in [0.15, 0.2) is 58.7 Å². The van der Waals surface area contributed by atoms with Crippen molar-refractivity contribution < 1.29 is 13.9 Å². The van der Waals surface area contributed by atoms with Gasteiger partial charge in [0.1, 0.15) is 17.9 Å². The zero-order chi connectivity index (χ0) is 29.1. The highest BCUT2D eigenvalue weighted by atomic mass is 19.1. The highest BCUT2D eigenvalue weighted by Crippen LogP contribution is 2.28. The molecule has 0 saturated carbocycles. The molecule has 2 fully saturated rings. The van der Waals surface area contributed by atoms with Crippen molar-refractivity contribution >= 4 is 17.6 Å². The van der Waals surface area contributed by atoms with Gasteiger partial charge in [0.05, 0.1) is 49.8 Å². The Labute approximate surface area is 245 Å². The zero-order valence-electron chi connectivity index (χ0n) is 24.2. The first-order chi connectivity index (χ1) is 20.5. The normalized spacial score (nSPS) is 21.4. The van der Waals surface area contributed by atoms with Gasteiger partial charge in [0.2, 0.25) is 0 Å². The molecule has 3 aliphatic rings. The van der Waals surface area contributed by atoms with Gasteiger partial charge in [0.15, 0.2) is 0 Å². The van der Waals surface area contributed by atoms with E-state index in [1.807, 2.05) is 61.6 Å². The maximum absolute atomic E-state index is 15.1. The van der Waals surface area contributed by atoms with Gasteiger partial charge in [-0.2, -0.15) is 10.2 Å². The fourth-order valence-electron chi connectivity index (χ4n) is 5.70. The molecule has 1 aromatic heterocycles. The van der Waals surface area contributed by atoms with Crippen LogP contribution in [0, 0.1) is 11.7 Å². The minimum Gasteiger partial charge on any atom is -0.493 e. The molecule has 3 atom stereocenters. The van der Waals surface area contributed by atoms with Gasteiger partial charge in [0.25, 0.3) is 0 Å². The summed E-state index contributed by atoms with van der Waals surface area (Å²) in [6.07, 6.45) is 5.26. The third-order valence-electron chi connectivity index (χ3n) is 8.35. The van der Waals surface area contributed by atoms with Gasteiger partial charge >= 0.3 is 5.69 Å². The van der Waals surface area contributed by atoms with E-state index in [4.69, 9.17) is 9.47 Å². The molecule has 3 aromatic rings. The van der Waals surface area contributed by atoms with Crippen LogP contribution in [-0.2, 0) is 4.74 Å². The molecule has 2 saturated heterocycles. The molecule has 0 bridgehead atoms. The maximum atomic E-state index is 15.1. The molecule has 12 heteroatoms. The SMILES string of the molecule is CCC(C)n1ncn(-c2ccc(N3CCN(c4ccc(OCC5COC(CN6N=CCN6)C5)cc4F)CC3)cc2)c1=O. The van der Waals surface area contributed by atoms with Gasteiger partial charge in [-0.1, -0.05) is 6.92 Å². The Hall–Kier alpha value is -3.90. The van der Waals surface area contributed by atoms with Crippen LogP contribution in [0.4, 0.5) is 15.8 Å². The lowest BCUT2D eigenvalue weighted by molar-refractivity contribution is 0.0590. The lowest BCUT2D eigenvalue weighted by atomic mass is 10.1. The van der Waals surface area contributed by atoms with E-state index >= 15 is 4.39 Å². The van der Waals surface area contributed by atoms with Crippen molar-refractivity contribution in [3.8, 4) is 11.4 Å².